The number of carbonyl (C=O) groups is 1. The number of benzene rings is 1. The van der Waals surface area contributed by atoms with Crippen LogP contribution in [0, 0.1) is 5.92 Å². The average Bonchev–Trinajstić information content (AvgIpc) is 3.11. The molecule has 7 nitrogen and oxygen atoms in total. The van der Waals surface area contributed by atoms with E-state index in [4.69, 9.17) is 0 Å². The zero-order valence-electron chi connectivity index (χ0n) is 14.5. The van der Waals surface area contributed by atoms with Gasteiger partial charge in [-0.3, -0.25) is 4.57 Å². The molecule has 7 heteroatoms. The number of hydrogen-bond donors (Lipinski definition) is 2. The molecular weight excluding hydrogens is 318 g/mol. The third-order valence-corrected chi connectivity index (χ3v) is 4.77. The Balaban J connectivity index is 1.55. The second-order valence-electron chi connectivity index (χ2n) is 6.60. The van der Waals surface area contributed by atoms with Gasteiger partial charge >= 0.3 is 6.03 Å². The van der Waals surface area contributed by atoms with Crippen LogP contribution >= 0.6 is 0 Å². The van der Waals surface area contributed by atoms with Gasteiger partial charge in [-0.05, 0) is 25.0 Å². The first-order valence-corrected chi connectivity index (χ1v) is 8.76. The van der Waals surface area contributed by atoms with Crippen molar-refractivity contribution < 1.29 is 9.90 Å². The molecule has 1 saturated carbocycles. The number of hydrogen-bond acceptors (Lipinski definition) is 4. The van der Waals surface area contributed by atoms with E-state index in [1.165, 1.54) is 0 Å². The molecule has 2 atom stereocenters. The summed E-state index contributed by atoms with van der Waals surface area (Å²) >= 11 is 0. The Morgan fingerprint density at radius 2 is 2.08 bits per heavy atom. The number of rotatable bonds is 5. The smallest absolute Gasteiger partial charge is 0.317 e. The van der Waals surface area contributed by atoms with E-state index in [1.54, 1.807) is 18.3 Å². The summed E-state index contributed by atoms with van der Waals surface area (Å²) in [5.74, 6) is 0.836. The van der Waals surface area contributed by atoms with Gasteiger partial charge in [0.2, 0.25) is 0 Å². The third kappa shape index (κ3) is 4.36. The first-order chi connectivity index (χ1) is 12.1. The van der Waals surface area contributed by atoms with Crippen molar-refractivity contribution in [1.82, 2.24) is 25.0 Å². The van der Waals surface area contributed by atoms with Crippen molar-refractivity contribution >= 4 is 6.03 Å². The molecule has 0 spiro atoms. The average molecular weight is 343 g/mol. The maximum absolute atomic E-state index is 12.3. The van der Waals surface area contributed by atoms with Gasteiger partial charge in [0, 0.05) is 25.2 Å². The molecule has 1 heterocycles. The molecule has 2 amide bonds. The summed E-state index contributed by atoms with van der Waals surface area (Å²) in [5, 5.41) is 21.0. The largest absolute Gasteiger partial charge is 0.393 e. The minimum atomic E-state index is -0.301. The summed E-state index contributed by atoms with van der Waals surface area (Å²) in [7, 11) is 1.76. The van der Waals surface area contributed by atoms with Crippen molar-refractivity contribution in [2.24, 2.45) is 5.92 Å². The van der Waals surface area contributed by atoms with Gasteiger partial charge in [-0.25, -0.2) is 4.79 Å². The Bertz CT molecular complexity index is 688. The maximum Gasteiger partial charge on any atom is 0.317 e. The van der Waals surface area contributed by atoms with E-state index in [2.05, 4.69) is 15.5 Å². The lowest BCUT2D eigenvalue weighted by Crippen LogP contribution is -2.43. The van der Waals surface area contributed by atoms with Crippen molar-refractivity contribution in [1.29, 1.82) is 0 Å². The van der Waals surface area contributed by atoms with Crippen LogP contribution in [0.4, 0.5) is 4.79 Å². The lowest BCUT2D eigenvalue weighted by molar-refractivity contribution is 0.0564. The van der Waals surface area contributed by atoms with Crippen LogP contribution in [0.15, 0.2) is 36.7 Å². The molecule has 3 rings (SSSR count). The Hall–Kier alpha value is -2.41. The minimum Gasteiger partial charge on any atom is -0.393 e. The SMILES string of the molecule is CN(CC1CCCCC1O)C(=O)NCc1nncn1-c1ccccc1. The Kier molecular flexibility index (Phi) is 5.65. The van der Waals surface area contributed by atoms with Gasteiger partial charge < -0.3 is 15.3 Å². The molecule has 134 valence electrons. The summed E-state index contributed by atoms with van der Waals surface area (Å²) in [4.78, 5) is 14.0. The second kappa shape index (κ2) is 8.11. The molecule has 0 aliphatic heterocycles. The van der Waals surface area contributed by atoms with Gasteiger partial charge in [-0.1, -0.05) is 31.0 Å². The molecule has 1 aromatic heterocycles. The highest BCUT2D eigenvalue weighted by molar-refractivity contribution is 5.73. The summed E-state index contributed by atoms with van der Waals surface area (Å²) in [6.07, 6.45) is 5.34. The van der Waals surface area contributed by atoms with E-state index >= 15 is 0 Å². The molecule has 0 radical (unpaired) electrons. The quantitative estimate of drug-likeness (QED) is 0.869. The number of aliphatic hydroxyl groups excluding tert-OH is 1. The number of nitrogens with one attached hydrogen (secondary N) is 1. The van der Waals surface area contributed by atoms with E-state index in [0.717, 1.165) is 31.4 Å². The molecule has 25 heavy (non-hydrogen) atoms. The number of urea groups is 1. The van der Waals surface area contributed by atoms with Gasteiger partial charge in [-0.2, -0.15) is 0 Å². The summed E-state index contributed by atoms with van der Waals surface area (Å²) in [6, 6.07) is 9.60. The maximum atomic E-state index is 12.3. The van der Waals surface area contributed by atoms with Crippen molar-refractivity contribution in [3.05, 3.63) is 42.5 Å². The van der Waals surface area contributed by atoms with E-state index in [9.17, 15) is 9.90 Å². The van der Waals surface area contributed by atoms with Crippen LogP contribution in [0.1, 0.15) is 31.5 Å². The van der Waals surface area contributed by atoms with Crippen LogP contribution in [-0.2, 0) is 6.54 Å². The number of amides is 2. The molecular formula is C18H25N5O2. The predicted octanol–water partition coefficient (Wildman–Crippen LogP) is 1.96. The molecule has 2 unspecified atom stereocenters. The van der Waals surface area contributed by atoms with Crippen LogP contribution in [0.5, 0.6) is 0 Å². The number of para-hydroxylation sites is 1. The molecule has 1 fully saturated rings. The fraction of sp³-hybridized carbons (Fsp3) is 0.500. The molecule has 2 aromatic rings. The highest BCUT2D eigenvalue weighted by Gasteiger charge is 2.25. The van der Waals surface area contributed by atoms with Crippen LogP contribution in [0.25, 0.3) is 5.69 Å². The molecule has 1 aliphatic rings. The lowest BCUT2D eigenvalue weighted by Gasteiger charge is -2.31. The van der Waals surface area contributed by atoms with Crippen LogP contribution in [-0.4, -0.2) is 50.5 Å². The summed E-state index contributed by atoms with van der Waals surface area (Å²) in [5.41, 5.74) is 0.954. The van der Waals surface area contributed by atoms with E-state index < -0.39 is 0 Å². The van der Waals surface area contributed by atoms with E-state index in [1.807, 2.05) is 34.9 Å². The fourth-order valence-electron chi connectivity index (χ4n) is 3.31. The first-order valence-electron chi connectivity index (χ1n) is 8.76. The molecule has 1 aliphatic carbocycles. The van der Waals surface area contributed by atoms with Gasteiger partial charge in [-0.15, -0.1) is 10.2 Å². The number of carbonyl (C=O) groups excluding carboxylic acids is 1. The Labute approximate surface area is 147 Å². The van der Waals surface area contributed by atoms with Gasteiger partial charge in [0.25, 0.3) is 0 Å². The Morgan fingerprint density at radius 1 is 1.32 bits per heavy atom. The monoisotopic (exact) mass is 343 g/mol. The highest BCUT2D eigenvalue weighted by atomic mass is 16.3. The van der Waals surface area contributed by atoms with Gasteiger partial charge in [0.15, 0.2) is 5.82 Å². The zero-order valence-corrected chi connectivity index (χ0v) is 14.5. The fourth-order valence-corrected chi connectivity index (χ4v) is 3.31. The van der Waals surface area contributed by atoms with Gasteiger partial charge in [0.1, 0.15) is 6.33 Å². The van der Waals surface area contributed by atoms with Crippen LogP contribution < -0.4 is 5.32 Å². The van der Waals surface area contributed by atoms with Crippen LogP contribution in [0.2, 0.25) is 0 Å². The second-order valence-corrected chi connectivity index (χ2v) is 6.60. The highest BCUT2D eigenvalue weighted by Crippen LogP contribution is 2.24. The Morgan fingerprint density at radius 3 is 2.84 bits per heavy atom. The number of aliphatic hydroxyl groups is 1. The third-order valence-electron chi connectivity index (χ3n) is 4.77. The minimum absolute atomic E-state index is 0.164. The summed E-state index contributed by atoms with van der Waals surface area (Å²) < 4.78 is 1.85. The van der Waals surface area contributed by atoms with Crippen LogP contribution in [0.3, 0.4) is 0 Å². The standard InChI is InChI=1S/C18H25N5O2/c1-22(12-14-7-5-6-10-16(14)24)18(25)19-11-17-21-20-13-23(17)15-8-3-2-4-9-15/h2-4,8-9,13-14,16,24H,5-7,10-12H2,1H3,(H,19,25). The summed E-state index contributed by atoms with van der Waals surface area (Å²) in [6.45, 7) is 0.865. The van der Waals surface area contributed by atoms with Crippen molar-refractivity contribution in [2.45, 2.75) is 38.3 Å². The lowest BCUT2D eigenvalue weighted by atomic mass is 9.86. The van der Waals surface area contributed by atoms with Gasteiger partial charge in [0.05, 0.1) is 12.6 Å². The van der Waals surface area contributed by atoms with E-state index in [0.29, 0.717) is 18.9 Å². The normalized spacial score (nSPS) is 20.2. The topological polar surface area (TPSA) is 83.3 Å². The van der Waals surface area contributed by atoms with Crippen molar-refractivity contribution in [3.63, 3.8) is 0 Å². The number of aromatic nitrogens is 3. The van der Waals surface area contributed by atoms with Crippen molar-refractivity contribution in [2.75, 3.05) is 13.6 Å². The molecule has 1 aromatic carbocycles. The number of nitrogens with zero attached hydrogens (tertiary/aromatic N) is 4. The molecule has 0 bridgehead atoms. The predicted molar refractivity (Wildman–Crippen MR) is 94.2 cm³/mol. The molecule has 0 saturated heterocycles. The van der Waals surface area contributed by atoms with E-state index in [-0.39, 0.29) is 18.1 Å². The van der Waals surface area contributed by atoms with Crippen molar-refractivity contribution in [3.8, 4) is 5.69 Å². The first kappa shape index (κ1) is 17.4. The zero-order chi connectivity index (χ0) is 17.6. The molecule has 2 N–H and O–H groups in total.